The summed E-state index contributed by atoms with van der Waals surface area (Å²) < 4.78 is 6.65. The Morgan fingerprint density at radius 1 is 1.22 bits per heavy atom. The zero-order valence-electron chi connectivity index (χ0n) is 20.3. The van der Waals surface area contributed by atoms with Crippen LogP contribution in [0.5, 0.6) is 0 Å². The number of carbonyl (C=O) groups excluding carboxylic acids is 3. The zero-order chi connectivity index (χ0) is 23.7. The van der Waals surface area contributed by atoms with Gasteiger partial charge in [-0.1, -0.05) is 40.5 Å². The molecule has 8 nitrogen and oxygen atoms in total. The van der Waals surface area contributed by atoms with Crippen LogP contribution < -0.4 is 10.6 Å². The lowest BCUT2D eigenvalue weighted by molar-refractivity contribution is -0.151. The van der Waals surface area contributed by atoms with Crippen molar-refractivity contribution in [1.29, 1.82) is 0 Å². The summed E-state index contributed by atoms with van der Waals surface area (Å²) in [5.74, 6) is -1.77. The van der Waals surface area contributed by atoms with Crippen molar-refractivity contribution < 1.29 is 24.2 Å². The number of ether oxygens (including phenoxy) is 1. The number of hydrogen-bond acceptors (Lipinski definition) is 5. The van der Waals surface area contributed by atoms with Crippen molar-refractivity contribution in [2.45, 2.75) is 95.9 Å². The average Bonchev–Trinajstić information content (AvgIpc) is 3.38. The van der Waals surface area contributed by atoms with Crippen LogP contribution in [0.1, 0.15) is 72.6 Å². The van der Waals surface area contributed by atoms with Gasteiger partial charge in [0.05, 0.1) is 30.1 Å². The molecule has 2 unspecified atom stereocenters. The molecule has 182 valence electrons. The third kappa shape index (κ3) is 3.83. The highest BCUT2D eigenvalue weighted by Gasteiger charge is 2.79. The van der Waals surface area contributed by atoms with Crippen molar-refractivity contribution in [3.8, 4) is 0 Å². The molecule has 3 aliphatic heterocycles. The van der Waals surface area contributed by atoms with Crippen LogP contribution in [0.4, 0.5) is 0 Å². The van der Waals surface area contributed by atoms with Gasteiger partial charge in [-0.05, 0) is 38.0 Å². The molecule has 3 fully saturated rings. The highest BCUT2D eigenvalue weighted by molar-refractivity contribution is 5.99. The lowest BCUT2D eigenvalue weighted by Crippen LogP contribution is -2.58. The van der Waals surface area contributed by atoms with Gasteiger partial charge in [0.2, 0.25) is 17.7 Å². The first-order valence-electron chi connectivity index (χ1n) is 12.4. The molecule has 0 aliphatic carbocycles. The first-order chi connectivity index (χ1) is 15.2. The van der Waals surface area contributed by atoms with Crippen molar-refractivity contribution in [2.75, 3.05) is 20.2 Å². The third-order valence-corrected chi connectivity index (χ3v) is 7.82. The number of amides is 3. The molecule has 3 amide bonds. The van der Waals surface area contributed by atoms with Gasteiger partial charge in [-0.3, -0.25) is 14.4 Å². The molecule has 1 spiro atoms. The van der Waals surface area contributed by atoms with Crippen LogP contribution in [-0.2, 0) is 19.1 Å². The minimum Gasteiger partial charge on any atom is -0.394 e. The molecule has 0 aromatic carbocycles. The largest absolute Gasteiger partial charge is 0.394 e. The third-order valence-electron chi connectivity index (χ3n) is 7.82. The number of nitrogens with one attached hydrogen (secondary N) is 2. The van der Waals surface area contributed by atoms with E-state index in [0.29, 0.717) is 32.2 Å². The highest BCUT2D eigenvalue weighted by Crippen LogP contribution is 2.64. The summed E-state index contributed by atoms with van der Waals surface area (Å²) in [4.78, 5) is 42.0. The summed E-state index contributed by atoms with van der Waals surface area (Å²) in [5.41, 5.74) is -1.75. The number of likely N-dealkylation sites (tertiary alicyclic amines) is 1. The van der Waals surface area contributed by atoms with Gasteiger partial charge in [0, 0.05) is 13.6 Å². The van der Waals surface area contributed by atoms with E-state index in [-0.39, 0.29) is 30.2 Å². The Kier molecular flexibility index (Phi) is 7.55. The molecule has 3 saturated heterocycles. The molecular weight excluding hydrogens is 410 g/mol. The van der Waals surface area contributed by atoms with Crippen molar-refractivity contribution >= 4 is 17.7 Å². The van der Waals surface area contributed by atoms with Crippen LogP contribution in [0.25, 0.3) is 0 Å². The van der Waals surface area contributed by atoms with E-state index in [1.807, 2.05) is 20.8 Å². The fraction of sp³-hybridized carbons (Fsp3) is 0.875. The molecule has 3 N–H and O–H groups in total. The number of nitrogens with zero attached hydrogens (tertiary/aromatic N) is 1. The van der Waals surface area contributed by atoms with E-state index in [2.05, 4.69) is 17.6 Å². The van der Waals surface area contributed by atoms with Gasteiger partial charge in [-0.15, -0.1) is 0 Å². The maximum absolute atomic E-state index is 13.9. The van der Waals surface area contributed by atoms with Gasteiger partial charge in [0.1, 0.15) is 11.6 Å². The molecule has 0 aromatic rings. The van der Waals surface area contributed by atoms with Crippen LogP contribution in [0, 0.1) is 17.8 Å². The molecule has 8 heteroatoms. The van der Waals surface area contributed by atoms with E-state index in [1.54, 1.807) is 11.9 Å². The average molecular weight is 452 g/mol. The van der Waals surface area contributed by atoms with Gasteiger partial charge >= 0.3 is 0 Å². The van der Waals surface area contributed by atoms with Gasteiger partial charge in [-0.2, -0.15) is 0 Å². The summed E-state index contributed by atoms with van der Waals surface area (Å²) in [6.07, 6.45) is 5.33. The topological polar surface area (TPSA) is 108 Å². The van der Waals surface area contributed by atoms with Crippen LogP contribution in [0.2, 0.25) is 0 Å². The maximum Gasteiger partial charge on any atom is 0.245 e. The van der Waals surface area contributed by atoms with Crippen molar-refractivity contribution in [3.05, 3.63) is 0 Å². The number of unbranched alkanes of at least 4 members (excludes halogenated alkanes) is 2. The predicted molar refractivity (Wildman–Crippen MR) is 121 cm³/mol. The van der Waals surface area contributed by atoms with Crippen LogP contribution in [0.3, 0.4) is 0 Å². The van der Waals surface area contributed by atoms with E-state index in [0.717, 1.165) is 19.3 Å². The number of aliphatic hydroxyl groups is 1. The lowest BCUT2D eigenvalue weighted by atomic mass is 9.65. The fourth-order valence-corrected chi connectivity index (χ4v) is 6.41. The lowest BCUT2D eigenvalue weighted by Gasteiger charge is -2.37. The molecule has 3 aliphatic rings. The number of rotatable bonds is 11. The van der Waals surface area contributed by atoms with E-state index in [1.165, 1.54) is 0 Å². The molecule has 6 atom stereocenters. The Hall–Kier alpha value is -1.67. The van der Waals surface area contributed by atoms with Crippen LogP contribution in [0.15, 0.2) is 0 Å². The van der Waals surface area contributed by atoms with Gasteiger partial charge in [0.15, 0.2) is 0 Å². The molecule has 3 rings (SSSR count). The predicted octanol–water partition coefficient (Wildman–Crippen LogP) is 1.60. The summed E-state index contributed by atoms with van der Waals surface area (Å²) in [6.45, 7) is 8.46. The van der Waals surface area contributed by atoms with E-state index < -0.39 is 35.1 Å². The minimum atomic E-state index is -1.02. The Morgan fingerprint density at radius 3 is 2.50 bits per heavy atom. The molecular formula is C24H41N3O5. The molecule has 0 saturated carbocycles. The SMILES string of the molecule is CCCCCNC(=O)C1N([C@@H](CO)CC(C)C)C(=O)[C@@H]2[C@H](C(=O)NC)[C@]3(CC)CCC12O3. The van der Waals surface area contributed by atoms with E-state index in [9.17, 15) is 19.5 Å². The Bertz CT molecular complexity index is 728. The zero-order valence-corrected chi connectivity index (χ0v) is 20.3. The van der Waals surface area contributed by atoms with Crippen molar-refractivity contribution in [1.82, 2.24) is 15.5 Å². The van der Waals surface area contributed by atoms with E-state index in [4.69, 9.17) is 4.74 Å². The first kappa shape index (κ1) is 25.0. The monoisotopic (exact) mass is 451 g/mol. The van der Waals surface area contributed by atoms with Gasteiger partial charge in [-0.25, -0.2) is 0 Å². The molecule has 32 heavy (non-hydrogen) atoms. The van der Waals surface area contributed by atoms with Gasteiger partial charge in [0.25, 0.3) is 0 Å². The second kappa shape index (κ2) is 9.67. The second-order valence-electron chi connectivity index (χ2n) is 10.2. The summed E-state index contributed by atoms with van der Waals surface area (Å²) in [5, 5.41) is 16.0. The van der Waals surface area contributed by atoms with E-state index >= 15 is 0 Å². The summed E-state index contributed by atoms with van der Waals surface area (Å²) in [7, 11) is 1.58. The fourth-order valence-electron chi connectivity index (χ4n) is 6.41. The number of aliphatic hydroxyl groups excluding tert-OH is 1. The van der Waals surface area contributed by atoms with Crippen LogP contribution >= 0.6 is 0 Å². The quantitative estimate of drug-likeness (QED) is 0.414. The number of carbonyl (C=O) groups is 3. The summed E-state index contributed by atoms with van der Waals surface area (Å²) in [6, 6.07) is -1.32. The second-order valence-corrected chi connectivity index (χ2v) is 10.2. The molecule has 0 radical (unpaired) electrons. The summed E-state index contributed by atoms with van der Waals surface area (Å²) >= 11 is 0. The van der Waals surface area contributed by atoms with Crippen LogP contribution in [-0.4, -0.2) is 71.2 Å². The Labute approximate surface area is 191 Å². The molecule has 2 bridgehead atoms. The van der Waals surface area contributed by atoms with Crippen molar-refractivity contribution in [2.24, 2.45) is 17.8 Å². The van der Waals surface area contributed by atoms with Crippen molar-refractivity contribution in [3.63, 3.8) is 0 Å². The number of fused-ring (bicyclic) bond motifs is 1. The highest BCUT2D eigenvalue weighted by atomic mass is 16.5. The maximum atomic E-state index is 13.9. The standard InChI is InChI=1S/C24H41N3O5/c1-6-8-9-12-26-21(30)19-24-11-10-23(7-2,32-24)17(20(29)25-5)18(24)22(31)27(19)16(14-28)13-15(3)4/h15-19,28H,6-14H2,1-5H3,(H,25,29)(H,26,30)/t16-,17-,18+,19?,23+,24?/m1/s1. The Balaban J connectivity index is 2.03. The smallest absolute Gasteiger partial charge is 0.245 e. The van der Waals surface area contributed by atoms with Gasteiger partial charge < -0.3 is 25.4 Å². The Morgan fingerprint density at radius 2 is 1.94 bits per heavy atom. The molecule has 0 aromatic heterocycles. The normalized spacial score (nSPS) is 34.2. The molecule has 3 heterocycles. The minimum absolute atomic E-state index is 0.208. The number of hydrogen-bond donors (Lipinski definition) is 3. The first-order valence-corrected chi connectivity index (χ1v) is 12.4.